The number of fused-ring (bicyclic) bond motifs is 1. The van der Waals surface area contributed by atoms with Crippen LogP contribution < -0.4 is 4.90 Å². The first-order chi connectivity index (χ1) is 18.9. The van der Waals surface area contributed by atoms with Gasteiger partial charge in [-0.1, -0.05) is 89.3 Å². The van der Waals surface area contributed by atoms with Crippen molar-refractivity contribution in [2.24, 2.45) is 0 Å². The summed E-state index contributed by atoms with van der Waals surface area (Å²) in [6.07, 6.45) is 1.76. The first-order valence-corrected chi connectivity index (χ1v) is 14.1. The van der Waals surface area contributed by atoms with E-state index in [9.17, 15) is 14.7 Å². The molecule has 1 unspecified atom stereocenters. The average Bonchev–Trinajstić information content (AvgIpc) is 3.62. The smallest absolute Gasteiger partial charge is 0.301 e. The lowest BCUT2D eigenvalue weighted by molar-refractivity contribution is -0.132. The molecule has 4 heterocycles. The molecule has 2 aromatic carbocycles. The van der Waals surface area contributed by atoms with Crippen molar-refractivity contribution in [1.82, 2.24) is 19.6 Å². The number of aryl methyl sites for hydroxylation is 1. The number of benzene rings is 2. The number of thioether (sulfide) groups is 1. The number of aliphatic hydroxyl groups excluding tert-OH is 1. The van der Waals surface area contributed by atoms with Crippen molar-refractivity contribution >= 4 is 62.9 Å². The Hall–Kier alpha value is -3.99. The van der Waals surface area contributed by atoms with Gasteiger partial charge in [-0.3, -0.25) is 18.9 Å². The van der Waals surface area contributed by atoms with Crippen LogP contribution in [-0.4, -0.2) is 36.4 Å². The van der Waals surface area contributed by atoms with Crippen LogP contribution in [0.2, 0.25) is 5.02 Å². The fourth-order valence-corrected chi connectivity index (χ4v) is 6.77. The Bertz CT molecular complexity index is 1770. The summed E-state index contributed by atoms with van der Waals surface area (Å²) in [6, 6.07) is 21.2. The summed E-state index contributed by atoms with van der Waals surface area (Å²) < 4.78 is 2.32. The summed E-state index contributed by atoms with van der Waals surface area (Å²) in [6.45, 7) is 1.75. The van der Waals surface area contributed by atoms with Crippen LogP contribution in [0.4, 0.5) is 5.13 Å². The van der Waals surface area contributed by atoms with Gasteiger partial charge in [-0.2, -0.15) is 0 Å². The number of Topliss-reactive ketones (excluding diaryl/α,β-unsaturated/α-hetero) is 1. The molecular weight excluding hydrogens is 554 g/mol. The highest BCUT2D eigenvalue weighted by molar-refractivity contribution is 8.00. The van der Waals surface area contributed by atoms with Crippen molar-refractivity contribution in [2.75, 3.05) is 4.90 Å². The Balaban J connectivity index is 1.43. The predicted octanol–water partition coefficient (Wildman–Crippen LogP) is 6.07. The molecule has 1 aliphatic heterocycles. The van der Waals surface area contributed by atoms with Crippen molar-refractivity contribution in [3.63, 3.8) is 0 Å². The zero-order valence-corrected chi connectivity index (χ0v) is 22.9. The van der Waals surface area contributed by atoms with Gasteiger partial charge in [0.15, 0.2) is 10.1 Å². The number of carbonyl (C=O) groups is 2. The maximum atomic E-state index is 13.5. The molecular formula is C28H20ClN5O3S2. The molecule has 11 heteroatoms. The van der Waals surface area contributed by atoms with E-state index < -0.39 is 17.7 Å². The molecule has 8 nitrogen and oxygen atoms in total. The largest absolute Gasteiger partial charge is 0.505 e. The van der Waals surface area contributed by atoms with E-state index in [2.05, 4.69) is 15.2 Å². The number of anilines is 1. The van der Waals surface area contributed by atoms with Crippen molar-refractivity contribution in [1.29, 1.82) is 0 Å². The Morgan fingerprint density at radius 2 is 1.77 bits per heavy atom. The maximum absolute atomic E-state index is 13.5. The molecule has 5 aromatic rings. The first kappa shape index (κ1) is 25.3. The van der Waals surface area contributed by atoms with Gasteiger partial charge in [0.25, 0.3) is 5.78 Å². The number of halogens is 1. The van der Waals surface area contributed by atoms with Crippen LogP contribution in [0.5, 0.6) is 0 Å². The Morgan fingerprint density at radius 1 is 1.03 bits per heavy atom. The number of rotatable bonds is 6. The molecule has 1 atom stereocenters. The summed E-state index contributed by atoms with van der Waals surface area (Å²) in [5.74, 6) is -1.30. The van der Waals surface area contributed by atoms with Crippen LogP contribution in [0.25, 0.3) is 11.4 Å². The minimum atomic E-state index is -0.894. The Kier molecular flexibility index (Phi) is 6.68. The second kappa shape index (κ2) is 10.3. The highest BCUT2D eigenvalue weighted by Gasteiger charge is 2.48. The van der Waals surface area contributed by atoms with Crippen LogP contribution in [0, 0.1) is 6.92 Å². The minimum absolute atomic E-state index is 0.0274. The number of imidazole rings is 1. The first-order valence-electron chi connectivity index (χ1n) is 11.9. The summed E-state index contributed by atoms with van der Waals surface area (Å²) in [7, 11) is 0. The number of carbonyl (C=O) groups excluding carboxylic acids is 2. The zero-order chi connectivity index (χ0) is 27.1. The van der Waals surface area contributed by atoms with Gasteiger partial charge in [0, 0.05) is 17.0 Å². The van der Waals surface area contributed by atoms with Gasteiger partial charge in [0.05, 0.1) is 17.3 Å². The van der Waals surface area contributed by atoms with Crippen molar-refractivity contribution in [3.8, 4) is 0 Å². The highest BCUT2D eigenvalue weighted by atomic mass is 35.5. The lowest BCUT2D eigenvalue weighted by atomic mass is 9.96. The van der Waals surface area contributed by atoms with E-state index in [1.54, 1.807) is 29.7 Å². The summed E-state index contributed by atoms with van der Waals surface area (Å²) >= 11 is 8.93. The summed E-state index contributed by atoms with van der Waals surface area (Å²) in [5.41, 5.74) is 3.09. The van der Waals surface area contributed by atoms with E-state index >= 15 is 0 Å². The third-order valence-corrected chi connectivity index (χ3v) is 8.87. The van der Waals surface area contributed by atoms with Crippen LogP contribution in [-0.2, 0) is 15.3 Å². The van der Waals surface area contributed by atoms with E-state index in [0.29, 0.717) is 37.7 Å². The molecule has 0 saturated carbocycles. The molecule has 1 amide bonds. The minimum Gasteiger partial charge on any atom is -0.505 e. The molecule has 1 aliphatic rings. The number of hydrogen-bond acceptors (Lipinski definition) is 8. The van der Waals surface area contributed by atoms with Crippen molar-refractivity contribution < 1.29 is 14.7 Å². The fourth-order valence-electron chi connectivity index (χ4n) is 4.62. The third kappa shape index (κ3) is 4.50. The lowest BCUT2D eigenvalue weighted by Gasteiger charge is -2.22. The molecule has 1 N–H and O–H groups in total. The maximum Gasteiger partial charge on any atom is 0.301 e. The standard InChI is InChI=1S/C28H20ClN5O3S2/c1-16-22(33-14-8-7-13-20(33)30-16)24(35)21-23(17-9-3-2-4-10-17)34(26(37)25(21)36)27-31-32-28(39-27)38-15-18-11-5-6-12-19(18)29/h2-14,23,35H,15H2,1H3. The Morgan fingerprint density at radius 3 is 2.56 bits per heavy atom. The molecule has 1 fully saturated rings. The number of pyridine rings is 1. The second-order valence-corrected chi connectivity index (χ2v) is 11.4. The third-order valence-electron chi connectivity index (χ3n) is 6.40. The van der Waals surface area contributed by atoms with Crippen LogP contribution in [0.3, 0.4) is 0 Å². The molecule has 6 rings (SSSR count). The topological polar surface area (TPSA) is 101 Å². The molecule has 0 aliphatic carbocycles. The summed E-state index contributed by atoms with van der Waals surface area (Å²) in [5, 5.41) is 21.0. The van der Waals surface area contributed by atoms with Crippen molar-refractivity contribution in [2.45, 2.75) is 23.1 Å². The number of nitrogens with zero attached hydrogens (tertiary/aromatic N) is 5. The van der Waals surface area contributed by atoms with Gasteiger partial charge in [0.2, 0.25) is 5.13 Å². The number of hydrogen-bond donors (Lipinski definition) is 1. The molecule has 3 aromatic heterocycles. The second-order valence-electron chi connectivity index (χ2n) is 8.79. The van der Waals surface area contributed by atoms with Gasteiger partial charge in [-0.15, -0.1) is 10.2 Å². The SMILES string of the molecule is Cc1nc2ccccn2c1C(O)=C1C(=O)C(=O)N(c2nnc(SCc3ccccc3Cl)s2)C1c1ccccc1. The van der Waals surface area contributed by atoms with Gasteiger partial charge in [-0.05, 0) is 36.2 Å². The lowest BCUT2D eigenvalue weighted by Crippen LogP contribution is -2.29. The predicted molar refractivity (Wildman–Crippen MR) is 152 cm³/mol. The molecule has 0 bridgehead atoms. The molecule has 0 spiro atoms. The van der Waals surface area contributed by atoms with Gasteiger partial charge in [0.1, 0.15) is 11.3 Å². The molecule has 1 saturated heterocycles. The van der Waals surface area contributed by atoms with E-state index in [-0.39, 0.29) is 16.5 Å². The highest BCUT2D eigenvalue weighted by Crippen LogP contribution is 2.44. The molecule has 39 heavy (non-hydrogen) atoms. The number of ketones is 1. The zero-order valence-electron chi connectivity index (χ0n) is 20.5. The number of amides is 1. The van der Waals surface area contributed by atoms with Crippen LogP contribution in [0.15, 0.2) is 88.9 Å². The van der Waals surface area contributed by atoms with Gasteiger partial charge >= 0.3 is 5.91 Å². The Labute approximate surface area is 236 Å². The number of aliphatic hydroxyl groups is 1. The quantitative estimate of drug-likeness (QED) is 0.0865. The van der Waals surface area contributed by atoms with E-state index in [1.165, 1.54) is 28.0 Å². The van der Waals surface area contributed by atoms with Gasteiger partial charge < -0.3 is 5.11 Å². The van der Waals surface area contributed by atoms with Crippen LogP contribution >= 0.6 is 34.7 Å². The number of aromatic nitrogens is 4. The van der Waals surface area contributed by atoms with E-state index in [4.69, 9.17) is 11.6 Å². The molecule has 0 radical (unpaired) electrons. The van der Waals surface area contributed by atoms with Crippen molar-refractivity contribution in [3.05, 3.63) is 112 Å². The fraction of sp³-hybridized carbons (Fsp3) is 0.107. The average molecular weight is 574 g/mol. The molecule has 194 valence electrons. The van der Waals surface area contributed by atoms with Gasteiger partial charge in [-0.25, -0.2) is 4.98 Å². The van der Waals surface area contributed by atoms with E-state index in [0.717, 1.165) is 5.56 Å². The van der Waals surface area contributed by atoms with Crippen LogP contribution in [0.1, 0.15) is 28.6 Å². The summed E-state index contributed by atoms with van der Waals surface area (Å²) in [4.78, 5) is 32.8. The van der Waals surface area contributed by atoms with E-state index in [1.807, 2.05) is 60.7 Å². The normalized spacial score (nSPS) is 16.9. The monoisotopic (exact) mass is 573 g/mol.